The number of rotatable bonds is 3. The minimum atomic E-state index is -0.465. The first-order valence-electron chi connectivity index (χ1n) is 6.58. The third-order valence-corrected chi connectivity index (χ3v) is 4.17. The van der Waals surface area contributed by atoms with Crippen LogP contribution in [-0.2, 0) is 4.74 Å². The van der Waals surface area contributed by atoms with Gasteiger partial charge in [-0.05, 0) is 38.8 Å². The summed E-state index contributed by atoms with van der Waals surface area (Å²) in [4.78, 5) is 20.9. The number of benzene rings is 1. The van der Waals surface area contributed by atoms with Gasteiger partial charge in [0.1, 0.15) is 14.9 Å². The Hall–Kier alpha value is -1.73. The Balaban J connectivity index is 2.26. The Bertz CT molecular complexity index is 847. The topological polar surface area (TPSA) is 56.5 Å². The molecule has 0 saturated carbocycles. The van der Waals surface area contributed by atoms with Crippen LogP contribution in [0.2, 0.25) is 0 Å². The van der Waals surface area contributed by atoms with E-state index in [9.17, 15) is 4.79 Å². The zero-order valence-electron chi connectivity index (χ0n) is 11.6. The van der Waals surface area contributed by atoms with E-state index in [4.69, 9.17) is 4.74 Å². The number of ether oxygens (including phenoxy) is 1. The third kappa shape index (κ3) is 2.66. The van der Waals surface area contributed by atoms with Crippen LogP contribution < -0.4 is 0 Å². The summed E-state index contributed by atoms with van der Waals surface area (Å²) in [5.41, 5.74) is 2.43. The molecule has 112 valence electrons. The molecule has 0 unspecified atom stereocenters. The monoisotopic (exact) mass is 423 g/mol. The fourth-order valence-electron chi connectivity index (χ4n) is 2.11. The molecule has 1 aromatic carbocycles. The van der Waals surface area contributed by atoms with Crippen LogP contribution in [0, 0.1) is 0 Å². The van der Waals surface area contributed by atoms with Crippen LogP contribution in [0.1, 0.15) is 17.4 Å². The normalized spacial score (nSPS) is 10.9. The van der Waals surface area contributed by atoms with Crippen LogP contribution in [0.15, 0.2) is 45.7 Å². The summed E-state index contributed by atoms with van der Waals surface area (Å²) in [6, 6.07) is 9.68. The van der Waals surface area contributed by atoms with Crippen molar-refractivity contribution >= 4 is 43.5 Å². The summed E-state index contributed by atoms with van der Waals surface area (Å²) in [7, 11) is 0. The van der Waals surface area contributed by atoms with Crippen molar-refractivity contribution < 1.29 is 9.53 Å². The third-order valence-electron chi connectivity index (χ3n) is 3.03. The fourth-order valence-corrected chi connectivity index (χ4v) is 3.01. The molecule has 0 fully saturated rings. The number of hydrogen-bond donors (Lipinski definition) is 0. The molecule has 7 heteroatoms. The molecule has 22 heavy (non-hydrogen) atoms. The highest BCUT2D eigenvalue weighted by molar-refractivity contribution is 9.10. The molecule has 0 bridgehead atoms. The van der Waals surface area contributed by atoms with Gasteiger partial charge in [0.2, 0.25) is 0 Å². The van der Waals surface area contributed by atoms with Crippen molar-refractivity contribution in [2.45, 2.75) is 6.92 Å². The maximum absolute atomic E-state index is 12.0. The number of carbonyl (C=O) groups is 1. The van der Waals surface area contributed by atoms with Crippen molar-refractivity contribution in [2.24, 2.45) is 0 Å². The first-order chi connectivity index (χ1) is 10.6. The minimum absolute atomic E-state index is 0.235. The molecule has 0 atom stereocenters. The average Bonchev–Trinajstić information content (AvgIpc) is 2.85. The van der Waals surface area contributed by atoms with E-state index in [0.717, 1.165) is 5.56 Å². The van der Waals surface area contributed by atoms with E-state index in [2.05, 4.69) is 41.8 Å². The van der Waals surface area contributed by atoms with Crippen molar-refractivity contribution in [2.75, 3.05) is 6.61 Å². The molecule has 2 heterocycles. The lowest BCUT2D eigenvalue weighted by molar-refractivity contribution is 0.0519. The van der Waals surface area contributed by atoms with Crippen LogP contribution in [0.3, 0.4) is 0 Å². The van der Waals surface area contributed by atoms with Crippen molar-refractivity contribution in [1.82, 2.24) is 14.4 Å². The lowest BCUT2D eigenvalue weighted by atomic mass is 10.1. The Morgan fingerprint density at radius 1 is 1.23 bits per heavy atom. The van der Waals surface area contributed by atoms with Gasteiger partial charge in [0.25, 0.3) is 0 Å². The zero-order valence-corrected chi connectivity index (χ0v) is 14.8. The lowest BCUT2D eigenvalue weighted by Crippen LogP contribution is -2.05. The highest BCUT2D eigenvalue weighted by atomic mass is 79.9. The summed E-state index contributed by atoms with van der Waals surface area (Å²) >= 11 is 6.81. The van der Waals surface area contributed by atoms with Gasteiger partial charge < -0.3 is 4.74 Å². The molecular formula is C15H11Br2N3O2. The second-order valence-electron chi connectivity index (χ2n) is 4.44. The van der Waals surface area contributed by atoms with E-state index >= 15 is 0 Å². The molecule has 5 nitrogen and oxygen atoms in total. The van der Waals surface area contributed by atoms with Gasteiger partial charge >= 0.3 is 5.97 Å². The Labute approximate surface area is 143 Å². The van der Waals surface area contributed by atoms with Crippen LogP contribution in [0.5, 0.6) is 0 Å². The van der Waals surface area contributed by atoms with Crippen molar-refractivity contribution in [3.63, 3.8) is 0 Å². The van der Waals surface area contributed by atoms with E-state index in [1.807, 2.05) is 30.3 Å². The number of carbonyl (C=O) groups excluding carboxylic acids is 1. The van der Waals surface area contributed by atoms with Gasteiger partial charge in [-0.2, -0.15) is 0 Å². The molecule has 0 spiro atoms. The Morgan fingerprint density at radius 2 is 1.95 bits per heavy atom. The van der Waals surface area contributed by atoms with Gasteiger partial charge in [0, 0.05) is 11.8 Å². The molecule has 0 amide bonds. The second kappa shape index (κ2) is 6.18. The number of nitrogens with zero attached hydrogens (tertiary/aromatic N) is 3. The number of aromatic nitrogens is 3. The predicted molar refractivity (Wildman–Crippen MR) is 89.8 cm³/mol. The summed E-state index contributed by atoms with van der Waals surface area (Å²) < 4.78 is 8.00. The Morgan fingerprint density at radius 3 is 2.64 bits per heavy atom. The standard InChI is InChI=1S/C15H11Br2N3O2/c1-2-22-15(21)12-13(17)20-8-10(16)18-11(14(20)19-12)9-6-4-3-5-7-9/h3-8H,2H2,1H3. The highest BCUT2D eigenvalue weighted by Gasteiger charge is 2.21. The van der Waals surface area contributed by atoms with Gasteiger partial charge in [-0.1, -0.05) is 30.3 Å². The second-order valence-corrected chi connectivity index (χ2v) is 6.01. The van der Waals surface area contributed by atoms with Gasteiger partial charge in [-0.15, -0.1) is 0 Å². The molecule has 2 aromatic heterocycles. The number of fused-ring (bicyclic) bond motifs is 1. The van der Waals surface area contributed by atoms with Crippen LogP contribution in [-0.4, -0.2) is 26.9 Å². The van der Waals surface area contributed by atoms with Gasteiger partial charge in [-0.25, -0.2) is 14.8 Å². The zero-order chi connectivity index (χ0) is 15.7. The van der Waals surface area contributed by atoms with Gasteiger partial charge in [-0.3, -0.25) is 4.40 Å². The maximum atomic E-state index is 12.0. The summed E-state index contributed by atoms with van der Waals surface area (Å²) in [5.74, 6) is -0.465. The molecule has 0 saturated heterocycles. The SMILES string of the molecule is CCOC(=O)c1nc2c(-c3ccccc3)nc(Br)cn2c1Br. The highest BCUT2D eigenvalue weighted by Crippen LogP contribution is 2.28. The summed E-state index contributed by atoms with van der Waals surface area (Å²) in [5, 5.41) is 0. The molecule has 0 aliphatic rings. The Kier molecular flexibility index (Phi) is 4.26. The van der Waals surface area contributed by atoms with E-state index in [1.165, 1.54) is 0 Å². The first kappa shape index (κ1) is 15.2. The predicted octanol–water partition coefficient (Wildman–Crippen LogP) is 4.10. The quantitative estimate of drug-likeness (QED) is 0.594. The number of esters is 1. The minimum Gasteiger partial charge on any atom is -0.461 e. The number of imidazole rings is 1. The first-order valence-corrected chi connectivity index (χ1v) is 8.17. The van der Waals surface area contributed by atoms with E-state index in [1.54, 1.807) is 17.5 Å². The van der Waals surface area contributed by atoms with E-state index in [-0.39, 0.29) is 5.69 Å². The average molecular weight is 425 g/mol. The molecular weight excluding hydrogens is 414 g/mol. The molecule has 3 rings (SSSR count). The molecule has 0 aliphatic heterocycles. The smallest absolute Gasteiger partial charge is 0.359 e. The fraction of sp³-hybridized carbons (Fsp3) is 0.133. The van der Waals surface area contributed by atoms with Crippen LogP contribution in [0.25, 0.3) is 16.9 Å². The van der Waals surface area contributed by atoms with E-state index in [0.29, 0.717) is 27.2 Å². The van der Waals surface area contributed by atoms with Crippen molar-refractivity contribution in [3.05, 3.63) is 51.4 Å². The molecule has 0 aliphatic carbocycles. The summed E-state index contributed by atoms with van der Waals surface area (Å²) in [6.45, 7) is 2.06. The number of halogens is 2. The summed E-state index contributed by atoms with van der Waals surface area (Å²) in [6.07, 6.45) is 1.75. The van der Waals surface area contributed by atoms with Crippen LogP contribution in [0.4, 0.5) is 0 Å². The van der Waals surface area contributed by atoms with Crippen molar-refractivity contribution in [3.8, 4) is 11.3 Å². The molecule has 3 aromatic rings. The maximum Gasteiger partial charge on any atom is 0.359 e. The van der Waals surface area contributed by atoms with Gasteiger partial charge in [0.05, 0.1) is 6.61 Å². The largest absolute Gasteiger partial charge is 0.461 e. The lowest BCUT2D eigenvalue weighted by Gasteiger charge is -2.04. The van der Waals surface area contributed by atoms with Crippen molar-refractivity contribution in [1.29, 1.82) is 0 Å². The number of hydrogen-bond acceptors (Lipinski definition) is 4. The molecule has 0 N–H and O–H groups in total. The molecule has 0 radical (unpaired) electrons. The van der Waals surface area contributed by atoms with E-state index < -0.39 is 5.97 Å². The van der Waals surface area contributed by atoms with Crippen LogP contribution >= 0.6 is 31.9 Å². The van der Waals surface area contributed by atoms with Gasteiger partial charge in [0.15, 0.2) is 11.3 Å².